The molecule has 28 heavy (non-hydrogen) atoms. The first kappa shape index (κ1) is 18.3. The van der Waals surface area contributed by atoms with Crippen molar-refractivity contribution < 1.29 is 24.2 Å². The minimum absolute atomic E-state index is 0.000670. The summed E-state index contributed by atoms with van der Waals surface area (Å²) >= 11 is 0. The maximum absolute atomic E-state index is 13.0. The normalized spacial score (nSPS) is 22.1. The summed E-state index contributed by atoms with van der Waals surface area (Å²) in [6, 6.07) is 15.2. The Hall–Kier alpha value is -3.02. The number of para-hydroxylation sites is 1. The molecule has 1 N–H and O–H groups in total. The lowest BCUT2D eigenvalue weighted by molar-refractivity contribution is -0.139. The minimum Gasteiger partial charge on any atom is -0.493 e. The van der Waals surface area contributed by atoms with E-state index in [1.54, 1.807) is 17.0 Å². The standard InChI is InChI=1S/C22H23NO5/c1-23(13-15-6-8-16(9-7-15)28-14-20(24)25)21(26)18-12-22(18)10-11-27-19-5-3-2-4-17(19)22/h2-9,18H,10-14H2,1H3,(H,24,25)/t18-,22-/m0/s1. The Morgan fingerprint density at radius 3 is 2.71 bits per heavy atom. The molecular formula is C22H23NO5. The molecule has 0 aromatic heterocycles. The van der Waals surface area contributed by atoms with Crippen LogP contribution in [0.4, 0.5) is 0 Å². The van der Waals surface area contributed by atoms with E-state index >= 15 is 0 Å². The van der Waals surface area contributed by atoms with Crippen LogP contribution < -0.4 is 9.47 Å². The van der Waals surface area contributed by atoms with Gasteiger partial charge in [-0.3, -0.25) is 4.79 Å². The summed E-state index contributed by atoms with van der Waals surface area (Å²) in [5.41, 5.74) is 2.06. The summed E-state index contributed by atoms with van der Waals surface area (Å²) in [5, 5.41) is 8.66. The number of hydrogen-bond acceptors (Lipinski definition) is 4. The molecule has 6 heteroatoms. The van der Waals surface area contributed by atoms with Crippen molar-refractivity contribution in [2.75, 3.05) is 20.3 Å². The predicted octanol–water partition coefficient (Wildman–Crippen LogP) is 2.85. The first-order chi connectivity index (χ1) is 13.5. The molecule has 2 atom stereocenters. The van der Waals surface area contributed by atoms with E-state index in [0.29, 0.717) is 18.9 Å². The van der Waals surface area contributed by atoms with Crippen molar-refractivity contribution in [1.82, 2.24) is 4.90 Å². The molecule has 1 fully saturated rings. The van der Waals surface area contributed by atoms with Crippen LogP contribution >= 0.6 is 0 Å². The second kappa shape index (κ2) is 7.19. The van der Waals surface area contributed by atoms with Crippen molar-refractivity contribution in [1.29, 1.82) is 0 Å². The van der Waals surface area contributed by atoms with E-state index in [0.717, 1.165) is 29.7 Å². The number of carbonyl (C=O) groups is 2. The number of nitrogens with zero attached hydrogens (tertiary/aromatic N) is 1. The minimum atomic E-state index is -1.01. The number of rotatable bonds is 6. The van der Waals surface area contributed by atoms with Crippen LogP contribution in [-0.4, -0.2) is 42.1 Å². The molecule has 146 valence electrons. The SMILES string of the molecule is CN(Cc1ccc(OCC(=O)O)cc1)C(=O)[C@@H]1C[C@]12CCOc1ccccc12. The third kappa shape index (κ3) is 3.42. The molecule has 0 radical (unpaired) electrons. The predicted molar refractivity (Wildman–Crippen MR) is 102 cm³/mol. The van der Waals surface area contributed by atoms with Crippen LogP contribution in [0, 0.1) is 5.92 Å². The average molecular weight is 381 g/mol. The third-order valence-corrected chi connectivity index (χ3v) is 5.68. The Labute approximate surface area is 163 Å². The van der Waals surface area contributed by atoms with Gasteiger partial charge >= 0.3 is 5.97 Å². The summed E-state index contributed by atoms with van der Waals surface area (Å²) in [7, 11) is 1.83. The van der Waals surface area contributed by atoms with Crippen LogP contribution in [0.15, 0.2) is 48.5 Å². The summed E-state index contributed by atoms with van der Waals surface area (Å²) in [6.07, 6.45) is 1.75. The molecule has 0 saturated heterocycles. The van der Waals surface area contributed by atoms with E-state index in [1.807, 2.05) is 37.4 Å². The van der Waals surface area contributed by atoms with Gasteiger partial charge in [-0.1, -0.05) is 30.3 Å². The number of carbonyl (C=O) groups excluding carboxylic acids is 1. The first-order valence-electron chi connectivity index (χ1n) is 9.40. The van der Waals surface area contributed by atoms with E-state index < -0.39 is 5.97 Å². The lowest BCUT2D eigenvalue weighted by Gasteiger charge is -2.27. The van der Waals surface area contributed by atoms with E-state index in [2.05, 4.69) is 6.07 Å². The quantitative estimate of drug-likeness (QED) is 0.833. The number of carboxylic acid groups (broad SMARTS) is 1. The molecule has 1 aliphatic heterocycles. The number of benzene rings is 2. The van der Waals surface area contributed by atoms with Crippen molar-refractivity contribution in [3.05, 3.63) is 59.7 Å². The number of carboxylic acids is 1. The summed E-state index contributed by atoms with van der Waals surface area (Å²) in [4.78, 5) is 25.4. The van der Waals surface area contributed by atoms with Gasteiger partial charge in [0.2, 0.25) is 5.91 Å². The molecule has 1 aliphatic carbocycles. The van der Waals surface area contributed by atoms with Gasteiger partial charge in [-0.2, -0.15) is 0 Å². The van der Waals surface area contributed by atoms with Crippen molar-refractivity contribution in [3.63, 3.8) is 0 Å². The van der Waals surface area contributed by atoms with Crippen molar-refractivity contribution in [2.24, 2.45) is 5.92 Å². The number of fused-ring (bicyclic) bond motifs is 2. The highest BCUT2D eigenvalue weighted by molar-refractivity contribution is 5.84. The summed E-state index contributed by atoms with van der Waals surface area (Å²) in [6.45, 7) is 0.789. The van der Waals surface area contributed by atoms with Gasteiger partial charge in [0.05, 0.1) is 6.61 Å². The zero-order valence-electron chi connectivity index (χ0n) is 15.8. The summed E-state index contributed by atoms with van der Waals surface area (Å²) < 4.78 is 10.9. The van der Waals surface area contributed by atoms with Crippen LogP contribution in [0.25, 0.3) is 0 Å². The highest BCUT2D eigenvalue weighted by Gasteiger charge is 2.61. The molecule has 2 aromatic rings. The number of amides is 1. The Morgan fingerprint density at radius 2 is 1.96 bits per heavy atom. The Morgan fingerprint density at radius 1 is 1.21 bits per heavy atom. The van der Waals surface area contributed by atoms with Crippen LogP contribution in [0.3, 0.4) is 0 Å². The fourth-order valence-electron chi connectivity index (χ4n) is 4.14. The number of ether oxygens (including phenoxy) is 2. The van der Waals surface area contributed by atoms with Gasteiger partial charge in [0.25, 0.3) is 0 Å². The molecule has 1 heterocycles. The van der Waals surface area contributed by atoms with Crippen molar-refractivity contribution in [3.8, 4) is 11.5 Å². The van der Waals surface area contributed by atoms with Gasteiger partial charge in [-0.15, -0.1) is 0 Å². The van der Waals surface area contributed by atoms with Crippen molar-refractivity contribution >= 4 is 11.9 Å². The molecular weight excluding hydrogens is 358 g/mol. The molecule has 1 spiro atoms. The number of hydrogen-bond donors (Lipinski definition) is 1. The monoisotopic (exact) mass is 381 g/mol. The highest BCUT2D eigenvalue weighted by atomic mass is 16.5. The van der Waals surface area contributed by atoms with E-state index in [4.69, 9.17) is 14.6 Å². The molecule has 6 nitrogen and oxygen atoms in total. The van der Waals surface area contributed by atoms with E-state index in [1.165, 1.54) is 0 Å². The Kier molecular flexibility index (Phi) is 4.71. The zero-order valence-corrected chi connectivity index (χ0v) is 15.8. The van der Waals surface area contributed by atoms with Gasteiger partial charge < -0.3 is 19.5 Å². The molecule has 1 amide bonds. The van der Waals surface area contributed by atoms with Crippen LogP contribution in [0.2, 0.25) is 0 Å². The molecule has 4 rings (SSSR count). The fraction of sp³-hybridized carbons (Fsp3) is 0.364. The average Bonchev–Trinajstić information content (AvgIpc) is 3.41. The zero-order chi connectivity index (χ0) is 19.7. The topological polar surface area (TPSA) is 76.1 Å². The third-order valence-electron chi connectivity index (χ3n) is 5.68. The van der Waals surface area contributed by atoms with E-state index in [9.17, 15) is 9.59 Å². The fourth-order valence-corrected chi connectivity index (χ4v) is 4.14. The van der Waals surface area contributed by atoms with Crippen LogP contribution in [-0.2, 0) is 21.5 Å². The van der Waals surface area contributed by atoms with Gasteiger partial charge in [0.15, 0.2) is 6.61 Å². The van der Waals surface area contributed by atoms with Gasteiger partial charge in [0.1, 0.15) is 11.5 Å². The lowest BCUT2D eigenvalue weighted by atomic mass is 9.87. The molecule has 1 saturated carbocycles. The Bertz CT molecular complexity index is 894. The highest BCUT2D eigenvalue weighted by Crippen LogP contribution is 2.61. The maximum atomic E-state index is 13.0. The smallest absolute Gasteiger partial charge is 0.341 e. The second-order valence-corrected chi connectivity index (χ2v) is 7.53. The second-order valence-electron chi connectivity index (χ2n) is 7.53. The van der Waals surface area contributed by atoms with Crippen molar-refractivity contribution in [2.45, 2.75) is 24.8 Å². The largest absolute Gasteiger partial charge is 0.493 e. The number of aliphatic carboxylic acids is 1. The van der Waals surface area contributed by atoms with Gasteiger partial charge in [-0.05, 0) is 36.6 Å². The molecule has 2 aliphatic rings. The van der Waals surface area contributed by atoms with E-state index in [-0.39, 0.29) is 23.8 Å². The Balaban J connectivity index is 1.40. The van der Waals surface area contributed by atoms with Crippen LogP contribution in [0.5, 0.6) is 11.5 Å². The first-order valence-corrected chi connectivity index (χ1v) is 9.40. The van der Waals surface area contributed by atoms with Gasteiger partial charge in [-0.25, -0.2) is 4.79 Å². The molecule has 2 aromatic carbocycles. The molecule has 0 bridgehead atoms. The van der Waals surface area contributed by atoms with Gasteiger partial charge in [0, 0.05) is 30.5 Å². The van der Waals surface area contributed by atoms with Crippen LogP contribution in [0.1, 0.15) is 24.0 Å². The molecule has 0 unspecified atom stereocenters. The maximum Gasteiger partial charge on any atom is 0.341 e. The lowest BCUT2D eigenvalue weighted by Crippen LogP contribution is -2.32. The summed E-state index contributed by atoms with van der Waals surface area (Å²) in [5.74, 6) is 0.551.